The Morgan fingerprint density at radius 3 is 1.69 bits per heavy atom. The predicted octanol–water partition coefficient (Wildman–Crippen LogP) is -1.58. The molecule has 9 heteroatoms. The molecule has 0 rings (SSSR count). The zero-order valence-electron chi connectivity index (χ0n) is 6.37. The van der Waals surface area contributed by atoms with Crippen LogP contribution < -0.4 is 0 Å². The Hall–Kier alpha value is -0.384. The van der Waals surface area contributed by atoms with Crippen molar-refractivity contribution in [2.45, 2.75) is 11.7 Å². The molecule has 0 aliphatic rings. The van der Waals surface area contributed by atoms with Crippen LogP contribution in [0.1, 0.15) is 6.42 Å². The summed E-state index contributed by atoms with van der Waals surface area (Å²) in [5.74, 6) is -3.50. The zero-order chi connectivity index (χ0) is 9.94. The van der Waals surface area contributed by atoms with E-state index in [2.05, 4.69) is 0 Å². The molecule has 2 radical (unpaired) electrons. The fourth-order valence-electron chi connectivity index (χ4n) is 0.479. The van der Waals surface area contributed by atoms with Crippen molar-refractivity contribution in [3.8, 4) is 0 Å². The molecular formula is C4H6MgO7S. The van der Waals surface area contributed by atoms with Crippen molar-refractivity contribution in [2.24, 2.45) is 0 Å². The van der Waals surface area contributed by atoms with Crippen LogP contribution in [-0.2, 0) is 19.7 Å². The molecule has 3 N–H and O–H groups in total. The number of hydrogen-bond acceptors (Lipinski definition) is 4. The van der Waals surface area contributed by atoms with Gasteiger partial charge in [0.1, 0.15) is 0 Å². The first-order valence-corrected chi connectivity index (χ1v) is 4.16. The van der Waals surface area contributed by atoms with Gasteiger partial charge in [-0.3, -0.25) is 14.1 Å². The highest BCUT2D eigenvalue weighted by molar-refractivity contribution is 7.87. The van der Waals surface area contributed by atoms with Crippen molar-refractivity contribution in [1.29, 1.82) is 0 Å². The molecule has 72 valence electrons. The highest BCUT2D eigenvalue weighted by Gasteiger charge is 2.33. The van der Waals surface area contributed by atoms with E-state index in [0.29, 0.717) is 0 Å². The van der Waals surface area contributed by atoms with Gasteiger partial charge >= 0.3 is 11.9 Å². The lowest BCUT2D eigenvalue weighted by Gasteiger charge is -2.04. The Bertz CT molecular complexity index is 294. The lowest BCUT2D eigenvalue weighted by Crippen LogP contribution is -2.31. The molecule has 7 nitrogen and oxygen atoms in total. The summed E-state index contributed by atoms with van der Waals surface area (Å²) in [5, 5.41) is 13.9. The third-order valence-electron chi connectivity index (χ3n) is 0.995. The molecule has 0 aliphatic heterocycles. The second-order valence-electron chi connectivity index (χ2n) is 1.94. The lowest BCUT2D eigenvalue weighted by molar-refractivity contribution is -0.143. The first-order valence-electron chi connectivity index (χ1n) is 2.66. The largest absolute Gasteiger partial charge is 0.481 e. The first kappa shape index (κ1) is 15.1. The van der Waals surface area contributed by atoms with E-state index in [4.69, 9.17) is 14.8 Å². The van der Waals surface area contributed by atoms with Crippen molar-refractivity contribution < 1.29 is 32.8 Å². The Kier molecular flexibility index (Phi) is 6.24. The molecule has 0 aromatic rings. The molecule has 13 heavy (non-hydrogen) atoms. The lowest BCUT2D eigenvalue weighted by atomic mass is 10.3. The number of hydrogen-bond donors (Lipinski definition) is 3. The number of carboxylic acid groups (broad SMARTS) is 2. The maximum Gasteiger partial charge on any atom is 0.325 e. The Labute approximate surface area is 89.6 Å². The van der Waals surface area contributed by atoms with Gasteiger partial charge in [-0.25, -0.2) is 0 Å². The van der Waals surface area contributed by atoms with Crippen molar-refractivity contribution >= 4 is 45.1 Å². The molecule has 0 fully saturated rings. The molecule has 0 saturated carbocycles. The highest BCUT2D eigenvalue weighted by Crippen LogP contribution is 2.04. The normalized spacial score (nSPS) is 12.7. The van der Waals surface area contributed by atoms with Crippen molar-refractivity contribution in [3.63, 3.8) is 0 Å². The van der Waals surface area contributed by atoms with E-state index in [1.807, 2.05) is 0 Å². The summed E-state index contributed by atoms with van der Waals surface area (Å²) < 4.78 is 28.7. The van der Waals surface area contributed by atoms with Gasteiger partial charge in [0.25, 0.3) is 10.1 Å². The average molecular weight is 222 g/mol. The summed E-state index contributed by atoms with van der Waals surface area (Å²) in [7, 11) is -4.84. The predicted molar refractivity (Wildman–Crippen MR) is 41.0 cm³/mol. The monoisotopic (exact) mass is 222 g/mol. The number of carboxylic acids is 2. The molecule has 0 spiro atoms. The van der Waals surface area contributed by atoms with Gasteiger partial charge < -0.3 is 10.2 Å². The molecule has 0 heterocycles. The first-order chi connectivity index (χ1) is 5.25. The molecule has 0 bridgehead atoms. The summed E-state index contributed by atoms with van der Waals surface area (Å²) in [6, 6.07) is 0. The Balaban J connectivity index is 0. The van der Waals surface area contributed by atoms with Crippen LogP contribution in [0.2, 0.25) is 0 Å². The quantitative estimate of drug-likeness (QED) is 0.387. The molecule has 0 aromatic carbocycles. The van der Waals surface area contributed by atoms with E-state index in [1.165, 1.54) is 0 Å². The van der Waals surface area contributed by atoms with Crippen LogP contribution >= 0.6 is 0 Å². The van der Waals surface area contributed by atoms with Gasteiger partial charge in [-0.15, -0.1) is 0 Å². The Morgan fingerprint density at radius 1 is 1.23 bits per heavy atom. The number of aliphatic carboxylic acids is 2. The SMILES string of the molecule is O=C(O)CC(C(=O)O)S(=O)(=O)O.[Mg]. The molecule has 0 saturated heterocycles. The second kappa shape index (κ2) is 5.37. The topological polar surface area (TPSA) is 129 Å². The van der Waals surface area contributed by atoms with Crippen LogP contribution in [0.3, 0.4) is 0 Å². The zero-order valence-corrected chi connectivity index (χ0v) is 8.61. The van der Waals surface area contributed by atoms with Crippen molar-refractivity contribution in [3.05, 3.63) is 0 Å². The third-order valence-corrected chi connectivity index (χ3v) is 2.08. The van der Waals surface area contributed by atoms with Gasteiger partial charge in [0.05, 0.1) is 6.42 Å². The molecule has 1 unspecified atom stereocenters. The van der Waals surface area contributed by atoms with Crippen LogP contribution in [0.4, 0.5) is 0 Å². The maximum atomic E-state index is 10.2. The molecule has 0 aliphatic carbocycles. The van der Waals surface area contributed by atoms with Crippen LogP contribution in [0, 0.1) is 0 Å². The number of carbonyl (C=O) groups is 2. The van der Waals surface area contributed by atoms with E-state index >= 15 is 0 Å². The highest BCUT2D eigenvalue weighted by atomic mass is 32.2. The van der Waals surface area contributed by atoms with Crippen LogP contribution in [-0.4, -0.2) is 63.4 Å². The molecule has 0 aromatic heterocycles. The number of rotatable bonds is 4. The van der Waals surface area contributed by atoms with Gasteiger partial charge in [-0.2, -0.15) is 8.42 Å². The fourth-order valence-corrected chi connectivity index (χ4v) is 1.09. The van der Waals surface area contributed by atoms with Crippen molar-refractivity contribution in [2.75, 3.05) is 0 Å². The molecular weight excluding hydrogens is 216 g/mol. The van der Waals surface area contributed by atoms with Gasteiger partial charge in [-0.1, -0.05) is 0 Å². The minimum Gasteiger partial charge on any atom is -0.481 e. The van der Waals surface area contributed by atoms with Crippen LogP contribution in [0.15, 0.2) is 0 Å². The van der Waals surface area contributed by atoms with Gasteiger partial charge in [0.2, 0.25) is 0 Å². The van der Waals surface area contributed by atoms with Crippen LogP contribution in [0.25, 0.3) is 0 Å². The van der Waals surface area contributed by atoms with E-state index < -0.39 is 33.7 Å². The summed E-state index contributed by atoms with van der Waals surface area (Å²) in [6.45, 7) is 0. The van der Waals surface area contributed by atoms with E-state index in [1.54, 1.807) is 0 Å². The minimum absolute atomic E-state index is 0. The van der Waals surface area contributed by atoms with E-state index in [0.717, 1.165) is 0 Å². The summed E-state index contributed by atoms with van der Waals surface area (Å²) in [5.41, 5.74) is 0. The van der Waals surface area contributed by atoms with E-state index in [-0.39, 0.29) is 23.1 Å². The standard InChI is InChI=1S/C4H6O7S.Mg/c5-3(6)1-2(4(7)8)12(9,10)11;/h2H,1H2,(H,5,6)(H,7,8)(H,9,10,11);. The molecule has 1 atom stereocenters. The summed E-state index contributed by atoms with van der Waals surface area (Å²) >= 11 is 0. The summed E-state index contributed by atoms with van der Waals surface area (Å²) in [4.78, 5) is 20.0. The van der Waals surface area contributed by atoms with Crippen LogP contribution in [0.5, 0.6) is 0 Å². The van der Waals surface area contributed by atoms with Crippen molar-refractivity contribution in [1.82, 2.24) is 0 Å². The van der Waals surface area contributed by atoms with Gasteiger partial charge in [-0.05, 0) is 0 Å². The second-order valence-corrected chi connectivity index (χ2v) is 3.54. The third kappa shape index (κ3) is 5.79. The summed E-state index contributed by atoms with van der Waals surface area (Å²) in [6.07, 6.45) is -1.16. The molecule has 0 amide bonds. The smallest absolute Gasteiger partial charge is 0.325 e. The maximum absolute atomic E-state index is 10.2. The average Bonchev–Trinajstić information content (AvgIpc) is 1.79. The Morgan fingerprint density at radius 2 is 1.62 bits per heavy atom. The van der Waals surface area contributed by atoms with Gasteiger partial charge in [0, 0.05) is 23.1 Å². The van der Waals surface area contributed by atoms with E-state index in [9.17, 15) is 18.0 Å². The fraction of sp³-hybridized carbons (Fsp3) is 0.500. The van der Waals surface area contributed by atoms with Gasteiger partial charge in [0.15, 0.2) is 5.25 Å². The minimum atomic E-state index is -4.84.